The molecule has 0 unspecified atom stereocenters. The average molecular weight is 919 g/mol. The van der Waals surface area contributed by atoms with E-state index in [0.29, 0.717) is 33.7 Å². The van der Waals surface area contributed by atoms with E-state index in [2.05, 4.69) is 19.4 Å². The second kappa shape index (κ2) is 20.1. The van der Waals surface area contributed by atoms with Crippen molar-refractivity contribution in [3.8, 4) is 28.3 Å². The molecule has 0 saturated heterocycles. The molecule has 0 amide bonds. The lowest BCUT2D eigenvalue weighted by Gasteiger charge is -2.32. The van der Waals surface area contributed by atoms with E-state index < -0.39 is 43.6 Å². The van der Waals surface area contributed by atoms with Gasteiger partial charge >= 0.3 is 11.9 Å². The first kappa shape index (κ1) is 47.5. The number of thiazole rings is 2. The quantitative estimate of drug-likeness (QED) is 0.0459. The van der Waals surface area contributed by atoms with Gasteiger partial charge in [0.25, 0.3) is 0 Å². The monoisotopic (exact) mass is 918 g/mol. The van der Waals surface area contributed by atoms with Crippen LogP contribution in [-0.2, 0) is 35.2 Å². The number of carboxylic acids is 1. The summed E-state index contributed by atoms with van der Waals surface area (Å²) in [6.45, 7) is 11.2. The van der Waals surface area contributed by atoms with Crippen molar-refractivity contribution in [3.63, 3.8) is 0 Å². The zero-order valence-electron chi connectivity index (χ0n) is 35.0. The Morgan fingerprint density at radius 1 is 0.694 bits per heavy atom. The Morgan fingerprint density at radius 3 is 1.55 bits per heavy atom. The number of carbonyl (C=O) groups is 2. The average Bonchev–Trinajstić information content (AvgIpc) is 3.85. The summed E-state index contributed by atoms with van der Waals surface area (Å²) in [5.74, 6) is -1.61. The van der Waals surface area contributed by atoms with Crippen molar-refractivity contribution >= 4 is 64.9 Å². The topological polar surface area (TPSA) is 234 Å². The number of carbonyl (C=O) groups excluding carboxylic acids is 1. The molecule has 18 heteroatoms. The minimum atomic E-state index is -4.09. The molecule has 2 heterocycles. The maximum absolute atomic E-state index is 13.1. The number of aromatic nitrogens is 2. The zero-order valence-corrected chi connectivity index (χ0v) is 38.3. The van der Waals surface area contributed by atoms with Crippen molar-refractivity contribution in [3.05, 3.63) is 125 Å². The number of aryl methyl sites for hydroxylation is 2. The van der Waals surface area contributed by atoms with E-state index in [1.165, 1.54) is 46.9 Å². The highest BCUT2D eigenvalue weighted by Crippen LogP contribution is 2.34. The van der Waals surface area contributed by atoms with Crippen LogP contribution in [0.3, 0.4) is 0 Å². The summed E-state index contributed by atoms with van der Waals surface area (Å²) in [7, 11) is -7.96. The molecule has 62 heavy (non-hydrogen) atoms. The van der Waals surface area contributed by atoms with Gasteiger partial charge in [0.1, 0.15) is 11.8 Å². The van der Waals surface area contributed by atoms with Gasteiger partial charge < -0.3 is 21.3 Å². The van der Waals surface area contributed by atoms with E-state index in [4.69, 9.17) is 16.2 Å². The Labute approximate surface area is 370 Å². The molecule has 0 radical (unpaired) electrons. The smallest absolute Gasteiger partial charge is 0.329 e. The Morgan fingerprint density at radius 2 is 1.15 bits per heavy atom. The molecule has 328 valence electrons. The van der Waals surface area contributed by atoms with Gasteiger partial charge in [0.2, 0.25) is 20.0 Å². The van der Waals surface area contributed by atoms with Crippen LogP contribution in [0.5, 0.6) is 5.75 Å². The molecule has 2 aromatic heterocycles. The number of rotatable bonds is 16. The van der Waals surface area contributed by atoms with Gasteiger partial charge in [0, 0.05) is 21.9 Å². The minimum absolute atomic E-state index is 0.0158. The number of carboxylic acid groups (broad SMARTS) is 1. The third-order valence-electron chi connectivity index (χ3n) is 9.43. The van der Waals surface area contributed by atoms with Crippen molar-refractivity contribution in [2.24, 2.45) is 11.8 Å². The van der Waals surface area contributed by atoms with Gasteiger partial charge in [-0.3, -0.25) is 0 Å². The molecular weight excluding hydrogens is 869 g/mol. The number of aliphatic carboxylic acids is 1. The number of nitrogens with zero attached hydrogens (tertiary/aromatic N) is 2. The fourth-order valence-corrected chi connectivity index (χ4v) is 10.1. The van der Waals surface area contributed by atoms with Gasteiger partial charge in [-0.15, -0.1) is 22.7 Å². The fourth-order valence-electron chi connectivity index (χ4n) is 6.37. The Hall–Kier alpha value is -5.50. The van der Waals surface area contributed by atoms with E-state index in [1.807, 2.05) is 52.3 Å². The van der Waals surface area contributed by atoms with Gasteiger partial charge in [-0.1, -0.05) is 87.4 Å². The second-order valence-electron chi connectivity index (χ2n) is 15.5. The van der Waals surface area contributed by atoms with E-state index >= 15 is 0 Å². The summed E-state index contributed by atoms with van der Waals surface area (Å²) in [5, 5.41) is 14.8. The third-order valence-corrected chi connectivity index (χ3v) is 13.8. The van der Waals surface area contributed by atoms with Gasteiger partial charge in [-0.05, 0) is 92.6 Å². The number of esters is 1. The van der Waals surface area contributed by atoms with Crippen molar-refractivity contribution < 1.29 is 36.3 Å². The van der Waals surface area contributed by atoms with Crippen LogP contribution < -0.4 is 25.6 Å². The van der Waals surface area contributed by atoms with Crippen LogP contribution in [0, 0.1) is 25.7 Å². The van der Waals surface area contributed by atoms with E-state index in [0.717, 1.165) is 27.9 Å². The molecule has 4 aromatic carbocycles. The van der Waals surface area contributed by atoms with Gasteiger partial charge in [0.05, 0.1) is 21.2 Å². The van der Waals surface area contributed by atoms with E-state index in [1.54, 1.807) is 72.8 Å². The van der Waals surface area contributed by atoms with Gasteiger partial charge in [-0.25, -0.2) is 36.4 Å². The molecule has 0 fully saturated rings. The molecule has 0 aliphatic heterocycles. The highest BCUT2D eigenvalue weighted by molar-refractivity contribution is 7.89. The summed E-state index contributed by atoms with van der Waals surface area (Å²) in [6, 6.07) is 25.2. The lowest BCUT2D eigenvalue weighted by molar-refractivity contribution is -0.145. The molecule has 0 aliphatic rings. The molecule has 6 rings (SSSR count). The molecule has 0 spiro atoms. The lowest BCUT2D eigenvalue weighted by atomic mass is 9.83. The van der Waals surface area contributed by atoms with Crippen LogP contribution in [0.4, 0.5) is 10.3 Å². The summed E-state index contributed by atoms with van der Waals surface area (Å²) in [5.41, 5.74) is 14.8. The number of sulfonamides is 2. The first-order chi connectivity index (χ1) is 29.2. The Balaban J connectivity index is 0.000000234. The third kappa shape index (κ3) is 12.3. The SMILES string of the molecule is Cc1ccc(S(=O)(=O)N[C@@H](CC(C)C)C(=O)Oc2ccc(-c3csc(N)n3)cc2)cc1.Cc1ccc(S(=O)(=O)N[C@](CC(C)C)(C(=O)O)c2ccc(-c3csc(N)n3)cc2)cc1. The normalized spacial score (nSPS) is 13.2. The second-order valence-corrected chi connectivity index (χ2v) is 20.7. The maximum Gasteiger partial charge on any atom is 0.329 e. The largest absolute Gasteiger partial charge is 0.480 e. The number of ether oxygens (including phenoxy) is 1. The van der Waals surface area contributed by atoms with E-state index in [-0.39, 0.29) is 28.0 Å². The van der Waals surface area contributed by atoms with Crippen LogP contribution in [0.25, 0.3) is 22.5 Å². The number of nitrogen functional groups attached to an aromatic ring is 2. The number of benzene rings is 4. The number of hydrogen-bond acceptors (Lipinski definition) is 13. The highest BCUT2D eigenvalue weighted by atomic mass is 32.2. The number of hydrogen-bond donors (Lipinski definition) is 5. The summed E-state index contributed by atoms with van der Waals surface area (Å²) < 4.78 is 62.2. The zero-order chi connectivity index (χ0) is 45.4. The molecule has 14 nitrogen and oxygen atoms in total. The van der Waals surface area contributed by atoms with Gasteiger partial charge in [-0.2, -0.15) is 9.44 Å². The van der Waals surface area contributed by atoms with Crippen LogP contribution in [0.15, 0.2) is 118 Å². The van der Waals surface area contributed by atoms with Gasteiger partial charge in [0.15, 0.2) is 15.8 Å². The molecule has 6 aromatic rings. The summed E-state index contributed by atoms with van der Waals surface area (Å²) in [4.78, 5) is 33.9. The minimum Gasteiger partial charge on any atom is -0.480 e. The molecule has 2 atom stereocenters. The first-order valence-electron chi connectivity index (χ1n) is 19.5. The van der Waals surface area contributed by atoms with Crippen molar-refractivity contribution in [2.45, 2.75) is 75.8 Å². The predicted octanol–water partition coefficient (Wildman–Crippen LogP) is 8.00. The molecule has 7 N–H and O–H groups in total. The van der Waals surface area contributed by atoms with Crippen molar-refractivity contribution in [1.82, 2.24) is 19.4 Å². The molecule has 0 aliphatic carbocycles. The number of nitrogens with one attached hydrogen (secondary N) is 2. The molecule has 0 saturated carbocycles. The first-order valence-corrected chi connectivity index (χ1v) is 24.2. The fraction of sp³-hybridized carbons (Fsp3) is 0.273. The number of nitrogens with two attached hydrogens (primary N) is 2. The van der Waals surface area contributed by atoms with Crippen LogP contribution in [0.2, 0.25) is 0 Å². The van der Waals surface area contributed by atoms with Crippen LogP contribution in [-0.4, -0.2) is 49.9 Å². The molecule has 0 bridgehead atoms. The van der Waals surface area contributed by atoms with Crippen LogP contribution >= 0.6 is 22.7 Å². The van der Waals surface area contributed by atoms with Crippen LogP contribution in [0.1, 0.15) is 57.2 Å². The standard InChI is InChI=1S/2C22H25N3O4S2/c1-14(2)12-22(20(26)27,25-31(28,29)18-10-4-15(3)5-11-18)17-8-6-16(7-9-17)19-13-30-21(23)24-19;1-14(2)12-19(25-31(27,28)18-10-4-15(3)5-11-18)21(26)29-17-8-6-16(7-9-17)20-13-30-22(23)24-20/h4-11,13-14,25H,12H2,1-3H3,(H2,23,24)(H,26,27);4-11,13-14,19,25H,12H2,1-3H3,(H2,23,24)/t22-;19-/m00/s1. The Bertz CT molecular complexity index is 2680. The Kier molecular flexibility index (Phi) is 15.4. The van der Waals surface area contributed by atoms with Crippen molar-refractivity contribution in [2.75, 3.05) is 11.5 Å². The highest BCUT2D eigenvalue weighted by Gasteiger charge is 2.45. The summed E-state index contributed by atoms with van der Waals surface area (Å²) in [6.07, 6.45) is 0.385. The lowest BCUT2D eigenvalue weighted by Crippen LogP contribution is -2.52. The van der Waals surface area contributed by atoms with Crippen molar-refractivity contribution in [1.29, 1.82) is 0 Å². The maximum atomic E-state index is 13.1. The molecular formula is C44H50N6O8S4. The van der Waals surface area contributed by atoms with E-state index in [9.17, 15) is 31.5 Å². The summed E-state index contributed by atoms with van der Waals surface area (Å²) >= 11 is 2.65. The predicted molar refractivity (Wildman–Crippen MR) is 245 cm³/mol. The number of anilines is 2.